The molecular weight excluding hydrogens is 493 g/mol. The molecule has 0 radical (unpaired) electrons. The third-order valence-corrected chi connectivity index (χ3v) is 7.29. The average molecular weight is 508 g/mol. The molecule has 1 aliphatic rings. The number of anilines is 1. The van der Waals surface area contributed by atoms with Crippen molar-refractivity contribution in [1.82, 2.24) is 9.55 Å². The minimum absolute atomic E-state index is 0.117. The van der Waals surface area contributed by atoms with Crippen molar-refractivity contribution < 1.29 is 56.3 Å². The van der Waals surface area contributed by atoms with E-state index in [0.29, 0.717) is 0 Å². The second kappa shape index (κ2) is 9.05. The van der Waals surface area contributed by atoms with Gasteiger partial charge in [0.05, 0.1) is 12.7 Å². The molecule has 0 bridgehead atoms. The van der Waals surface area contributed by atoms with Crippen molar-refractivity contribution in [3.8, 4) is 0 Å². The first-order valence-corrected chi connectivity index (χ1v) is 12.2. The standard InChI is InChI=1S/C9H15N6O13P3/c10-6-1-2-15(8(17)12-6)7-3-5(16)9(26-7,13-14-11)4-25-30(21,22)28-31(23,24)27-29(18,19)20/h1-2,5,7,16H,3-4H2,(H,21,22)(H,23,24)(H2,10,12,17)(H2,18,19,20)/t5-,7+,9+/m0/s1. The lowest BCUT2D eigenvalue weighted by Gasteiger charge is -2.27. The first-order valence-electron chi connectivity index (χ1n) is 7.63. The molecular formula is C9H15N6O13P3. The predicted molar refractivity (Wildman–Crippen MR) is 95.3 cm³/mol. The second-order valence-corrected chi connectivity index (χ2v) is 10.2. The summed E-state index contributed by atoms with van der Waals surface area (Å²) in [4.78, 5) is 53.4. The molecule has 0 amide bonds. The van der Waals surface area contributed by atoms with E-state index in [-0.39, 0.29) is 5.82 Å². The Bertz CT molecular complexity index is 1080. The first kappa shape index (κ1) is 25.6. The molecule has 1 aromatic heterocycles. The fraction of sp³-hybridized carbons (Fsp3) is 0.556. The van der Waals surface area contributed by atoms with Crippen LogP contribution in [0.4, 0.5) is 5.82 Å². The largest absolute Gasteiger partial charge is 0.490 e. The lowest BCUT2D eigenvalue weighted by molar-refractivity contribution is -0.122. The van der Waals surface area contributed by atoms with Crippen LogP contribution in [0.2, 0.25) is 0 Å². The van der Waals surface area contributed by atoms with Gasteiger partial charge in [-0.15, -0.1) is 0 Å². The number of hydrogen-bond donors (Lipinski definition) is 6. The number of hydrogen-bond acceptors (Lipinski definition) is 12. The van der Waals surface area contributed by atoms with Crippen molar-refractivity contribution >= 4 is 29.3 Å². The summed E-state index contributed by atoms with van der Waals surface area (Å²) < 4.78 is 51.5. The van der Waals surface area contributed by atoms with Crippen LogP contribution in [-0.4, -0.2) is 52.7 Å². The third-order valence-electron chi connectivity index (χ3n) is 3.51. The highest BCUT2D eigenvalue weighted by Gasteiger charge is 2.51. The fourth-order valence-electron chi connectivity index (χ4n) is 2.36. The van der Waals surface area contributed by atoms with E-state index in [1.54, 1.807) is 0 Å². The van der Waals surface area contributed by atoms with E-state index >= 15 is 0 Å². The van der Waals surface area contributed by atoms with Crippen molar-refractivity contribution in [2.45, 2.75) is 24.5 Å². The van der Waals surface area contributed by atoms with Crippen molar-refractivity contribution in [3.63, 3.8) is 0 Å². The molecule has 174 valence electrons. The third kappa shape index (κ3) is 6.90. The maximum atomic E-state index is 11.9. The molecule has 0 saturated carbocycles. The summed E-state index contributed by atoms with van der Waals surface area (Å²) in [5.74, 6) is -0.117. The first-order chi connectivity index (χ1) is 14.1. The molecule has 19 nitrogen and oxygen atoms in total. The molecule has 1 aliphatic heterocycles. The van der Waals surface area contributed by atoms with Gasteiger partial charge in [0, 0.05) is 17.5 Å². The minimum atomic E-state index is -5.79. The highest BCUT2D eigenvalue weighted by molar-refractivity contribution is 7.66. The van der Waals surface area contributed by atoms with E-state index in [0.717, 1.165) is 10.8 Å². The number of nitrogen functional groups attached to an aromatic ring is 1. The summed E-state index contributed by atoms with van der Waals surface area (Å²) in [6.45, 7) is -1.27. The van der Waals surface area contributed by atoms with Gasteiger partial charge in [-0.25, -0.2) is 18.5 Å². The van der Waals surface area contributed by atoms with Crippen LogP contribution >= 0.6 is 23.5 Å². The quantitative estimate of drug-likeness (QED) is 0.106. The number of aromatic nitrogens is 2. The van der Waals surface area contributed by atoms with E-state index in [1.165, 1.54) is 6.07 Å². The summed E-state index contributed by atoms with van der Waals surface area (Å²) in [6, 6.07) is 1.22. The summed E-state index contributed by atoms with van der Waals surface area (Å²) >= 11 is 0. The number of phosphoric acid groups is 3. The highest BCUT2D eigenvalue weighted by atomic mass is 31.3. The molecule has 0 aliphatic carbocycles. The molecule has 7 N–H and O–H groups in total. The maximum Gasteiger partial charge on any atom is 0.490 e. The molecule has 1 fully saturated rings. The molecule has 1 aromatic rings. The lowest BCUT2D eigenvalue weighted by atomic mass is 10.1. The Balaban J connectivity index is 2.21. The number of aliphatic hydroxyl groups is 1. The molecule has 5 atom stereocenters. The monoisotopic (exact) mass is 508 g/mol. The van der Waals surface area contributed by atoms with Crippen LogP contribution in [-0.2, 0) is 31.6 Å². The highest BCUT2D eigenvalue weighted by Crippen LogP contribution is 2.66. The molecule has 0 spiro atoms. The van der Waals surface area contributed by atoms with Crippen LogP contribution in [0.25, 0.3) is 10.4 Å². The number of nitrogens with zero attached hydrogens (tertiary/aromatic N) is 5. The van der Waals surface area contributed by atoms with Crippen molar-refractivity contribution in [2.75, 3.05) is 12.3 Å². The number of ether oxygens (including phenoxy) is 1. The van der Waals surface area contributed by atoms with Gasteiger partial charge >= 0.3 is 29.2 Å². The second-order valence-electron chi connectivity index (χ2n) is 5.76. The normalized spacial score (nSPS) is 27.8. The Morgan fingerprint density at radius 1 is 1.32 bits per heavy atom. The summed E-state index contributed by atoms with van der Waals surface area (Å²) in [6.07, 6.45) is -2.28. The van der Waals surface area contributed by atoms with E-state index in [1.807, 2.05) is 0 Å². The minimum Gasteiger partial charge on any atom is -0.390 e. The molecule has 31 heavy (non-hydrogen) atoms. The van der Waals surface area contributed by atoms with Crippen LogP contribution < -0.4 is 11.4 Å². The van der Waals surface area contributed by atoms with Gasteiger partial charge in [-0.1, -0.05) is 5.11 Å². The Labute approximate surface area is 171 Å². The van der Waals surface area contributed by atoms with Gasteiger partial charge in [-0.3, -0.25) is 9.09 Å². The van der Waals surface area contributed by atoms with Crippen LogP contribution in [0.1, 0.15) is 12.6 Å². The summed E-state index contributed by atoms with van der Waals surface area (Å²) in [5.41, 5.74) is 10.8. The Kier molecular flexibility index (Phi) is 7.47. The Morgan fingerprint density at radius 2 is 1.97 bits per heavy atom. The van der Waals surface area contributed by atoms with E-state index < -0.39 is 60.2 Å². The van der Waals surface area contributed by atoms with Crippen molar-refractivity contribution in [3.05, 3.63) is 33.2 Å². The van der Waals surface area contributed by atoms with Gasteiger partial charge in [0.1, 0.15) is 12.0 Å². The number of azide groups is 1. The molecule has 2 rings (SSSR count). The number of phosphoric ester groups is 1. The molecule has 0 aromatic carbocycles. The molecule has 22 heteroatoms. The number of nitrogens with two attached hydrogens (primary N) is 1. The average Bonchev–Trinajstić information content (AvgIpc) is 2.87. The zero-order valence-electron chi connectivity index (χ0n) is 14.9. The smallest absolute Gasteiger partial charge is 0.390 e. The Morgan fingerprint density at radius 3 is 2.52 bits per heavy atom. The molecule has 2 unspecified atom stereocenters. The Hall–Kier alpha value is -1.68. The van der Waals surface area contributed by atoms with Gasteiger partial charge in [0.15, 0.2) is 5.72 Å². The zero-order chi connectivity index (χ0) is 23.7. The van der Waals surface area contributed by atoms with Gasteiger partial charge in [-0.05, 0) is 11.6 Å². The molecule has 2 heterocycles. The van der Waals surface area contributed by atoms with Crippen molar-refractivity contribution in [2.24, 2.45) is 5.11 Å². The van der Waals surface area contributed by atoms with Crippen molar-refractivity contribution in [1.29, 1.82) is 0 Å². The summed E-state index contributed by atoms with van der Waals surface area (Å²) in [7, 11) is -17.0. The van der Waals surface area contributed by atoms with Gasteiger partial charge in [0.2, 0.25) is 0 Å². The van der Waals surface area contributed by atoms with Crippen LogP contribution in [0.3, 0.4) is 0 Å². The maximum absolute atomic E-state index is 11.9. The SMILES string of the molecule is [N-]=[N+]=N[C@]1(COP(=O)(O)OP(=O)(O)OP(=O)(O)O)O[C@@H](n2ccc(N)nc2=O)C[C@@H]1O. The van der Waals surface area contributed by atoms with Gasteiger partial charge in [0.25, 0.3) is 0 Å². The zero-order valence-corrected chi connectivity index (χ0v) is 17.6. The fourth-order valence-corrected chi connectivity index (χ4v) is 5.40. The predicted octanol–water partition coefficient (Wildman–Crippen LogP) is -0.545. The van der Waals surface area contributed by atoms with Gasteiger partial charge in [-0.2, -0.15) is 13.6 Å². The van der Waals surface area contributed by atoms with Gasteiger partial charge < -0.3 is 35.2 Å². The van der Waals surface area contributed by atoms with Crippen LogP contribution in [0.15, 0.2) is 22.2 Å². The van der Waals surface area contributed by atoms with E-state index in [4.69, 9.17) is 30.7 Å². The van der Waals surface area contributed by atoms with Crippen LogP contribution in [0.5, 0.6) is 0 Å². The topological polar surface area (TPSA) is 299 Å². The van der Waals surface area contributed by atoms with E-state index in [9.17, 15) is 28.5 Å². The lowest BCUT2D eigenvalue weighted by Crippen LogP contribution is -2.41. The van der Waals surface area contributed by atoms with Crippen LogP contribution in [0, 0.1) is 0 Å². The molecule has 1 saturated heterocycles. The number of aliphatic hydroxyl groups excluding tert-OH is 1. The summed E-state index contributed by atoms with van der Waals surface area (Å²) in [5, 5.41) is 13.4. The van der Waals surface area contributed by atoms with E-state index in [2.05, 4.69) is 28.2 Å². The number of rotatable bonds is 9.